The van der Waals surface area contributed by atoms with Crippen LogP contribution in [-0.4, -0.2) is 180 Å². The number of nitrogens with one attached hydrogen (secondary N) is 6. The largest absolute Gasteiger partial charge is 0.542 e. The molecule has 6 N–H and O–H groups in total. The molecule has 4 unspecified atom stereocenters. The number of nitrogens with zero attached hydrogens (tertiary/aromatic N) is 8. The van der Waals surface area contributed by atoms with E-state index in [1.54, 1.807) is 33.6 Å². The number of quaternary nitrogens is 2. The Bertz CT molecular complexity index is 4110. The first-order chi connectivity index (χ1) is 47.4. The molecule has 0 bridgehead atoms. The summed E-state index contributed by atoms with van der Waals surface area (Å²) in [5, 5.41) is 37.5. The topological polar surface area (TPSA) is 265 Å². The van der Waals surface area contributed by atoms with Gasteiger partial charge in [-0.25, -0.2) is 28.7 Å². The number of aryl methyl sites for hydroxylation is 2. The number of piperidine rings is 2. The Labute approximate surface area is 566 Å². The zero-order valence-corrected chi connectivity index (χ0v) is 55.0. The number of hydrogen-bond donors (Lipinski definition) is 6. The second-order valence-corrected chi connectivity index (χ2v) is 26.4. The second-order valence-electron chi connectivity index (χ2n) is 26.4. The van der Waals surface area contributed by atoms with E-state index in [1.807, 2.05) is 50.2 Å². The van der Waals surface area contributed by atoms with E-state index in [0.717, 1.165) is 95.7 Å². The number of rotatable bonds is 18. The van der Waals surface area contributed by atoms with Gasteiger partial charge in [0.2, 0.25) is 11.6 Å². The number of carboxylic acids is 2. The SMILES string of the molecule is CCc1cc(Nc2nccn3c(-c4ccc(OC)c(F)c4F)cnc23)ccc1C(=O)NC1C2C[N+](C)(CC3CNC3)CC21.CCc1cc(Nc2nccn3c(-c4ccc(OC)c(F)c4F)cnc23)ccc1C(=O)NC1C2C[N+](C)(CC3CNC3)CC21.O=C([O-])C(F)(F)F.O=C([O-])C(F)(F)F. The molecule has 8 aromatic rings. The molecule has 0 spiro atoms. The van der Waals surface area contributed by atoms with Gasteiger partial charge in [0.05, 0.1) is 91.4 Å². The first kappa shape index (κ1) is 71.6. The summed E-state index contributed by atoms with van der Waals surface area (Å²) >= 11 is 0. The summed E-state index contributed by atoms with van der Waals surface area (Å²) < 4.78 is 137. The van der Waals surface area contributed by atoms with Crippen LogP contribution in [0.5, 0.6) is 11.5 Å². The zero-order valence-electron chi connectivity index (χ0n) is 55.0. The van der Waals surface area contributed by atoms with E-state index in [9.17, 15) is 53.5 Å². The fourth-order valence-electron chi connectivity index (χ4n) is 14.3. The van der Waals surface area contributed by atoms with Gasteiger partial charge in [-0.15, -0.1) is 0 Å². The lowest BCUT2D eigenvalue weighted by molar-refractivity contribution is -0.906. The number of aromatic nitrogens is 6. The molecule has 14 rings (SSSR count). The normalized spacial score (nSPS) is 22.6. The van der Waals surface area contributed by atoms with Crippen LogP contribution in [0.2, 0.25) is 0 Å². The van der Waals surface area contributed by atoms with Crippen LogP contribution in [0.4, 0.5) is 66.9 Å². The third-order valence-corrected chi connectivity index (χ3v) is 19.4. The lowest BCUT2D eigenvalue weighted by Gasteiger charge is -2.39. The monoisotopic (exact) mass is 1400 g/mol. The quantitative estimate of drug-likeness (QED) is 0.0389. The maximum absolute atomic E-state index is 14.9. The molecule has 8 heterocycles. The van der Waals surface area contributed by atoms with Crippen LogP contribution in [0.25, 0.3) is 33.8 Å². The van der Waals surface area contributed by atoms with E-state index in [-0.39, 0.29) is 46.5 Å². The zero-order chi connectivity index (χ0) is 71.9. The number of aliphatic carboxylic acids is 2. The van der Waals surface area contributed by atoms with Crippen molar-refractivity contribution < 1.29 is 91.7 Å². The molecular weight excluding hydrogens is 1330 g/mol. The average Bonchev–Trinajstić information content (AvgIpc) is 1.57. The van der Waals surface area contributed by atoms with E-state index in [1.165, 1.54) is 64.0 Å². The van der Waals surface area contributed by atoms with Crippen molar-refractivity contribution in [3.8, 4) is 34.0 Å². The van der Waals surface area contributed by atoms with Crippen molar-refractivity contribution in [2.24, 2.45) is 35.5 Å². The van der Waals surface area contributed by atoms with E-state index >= 15 is 0 Å². The van der Waals surface area contributed by atoms with Crippen LogP contribution in [0.3, 0.4) is 0 Å². The number of hydrogen-bond acceptors (Lipinski definition) is 16. The van der Waals surface area contributed by atoms with Crippen LogP contribution in [0.1, 0.15) is 45.7 Å². The fraction of sp³-hybridized carbons (Fsp3) is 0.412. The number of methoxy groups -OCH3 is 2. The molecule has 32 heteroatoms. The van der Waals surface area contributed by atoms with Gasteiger partial charge in [-0.3, -0.25) is 18.4 Å². The number of imidazole rings is 2. The van der Waals surface area contributed by atoms with Crippen molar-refractivity contribution in [1.82, 2.24) is 50.0 Å². The van der Waals surface area contributed by atoms with E-state index < -0.39 is 47.6 Å². The summed E-state index contributed by atoms with van der Waals surface area (Å²) in [6.07, 6.45) is 0.387. The highest BCUT2D eigenvalue weighted by Crippen LogP contribution is 2.50. The Morgan fingerprint density at radius 3 is 1.20 bits per heavy atom. The summed E-state index contributed by atoms with van der Waals surface area (Å²) in [4.78, 5) is 62.0. The van der Waals surface area contributed by atoms with Gasteiger partial charge in [0.1, 0.15) is 11.9 Å². The number of anilines is 4. The number of fused-ring (bicyclic) bond motifs is 4. The number of ether oxygens (including phenoxy) is 2. The number of benzene rings is 4. The van der Waals surface area contributed by atoms with Crippen molar-refractivity contribution in [1.29, 1.82) is 0 Å². The third-order valence-electron chi connectivity index (χ3n) is 19.4. The Hall–Kier alpha value is -9.66. The number of carbonyl (C=O) groups is 4. The molecule has 2 saturated carbocycles. The molecule has 4 saturated heterocycles. The number of halogens is 10. The lowest BCUT2D eigenvalue weighted by Crippen LogP contribution is -2.56. The van der Waals surface area contributed by atoms with Gasteiger partial charge in [-0.2, -0.15) is 35.1 Å². The van der Waals surface area contributed by atoms with Crippen LogP contribution < -0.4 is 51.6 Å². The highest BCUT2D eigenvalue weighted by Gasteiger charge is 2.64. The number of carbonyl (C=O) groups excluding carboxylic acids is 4. The van der Waals surface area contributed by atoms with Crippen LogP contribution in [0.15, 0.2) is 97.8 Å². The fourth-order valence-corrected chi connectivity index (χ4v) is 14.3. The molecule has 100 heavy (non-hydrogen) atoms. The standard InChI is InChI=1S/2C32H35F2N7O2.2C2HF3O2/c2*1-4-19-11-20(5-6-21(19)32(42)39-29-23-16-41(2,17-24(23)29)15-18-12-35-13-18)38-30-31-37-14-25(40(31)10-9-36-30)22-7-8-26(43-3)28(34)27(22)33;2*3-2(4,5)1(6)7/h2*5-11,14,18,23-24,29,35H,4,12-13,15-17H2,1-3H3,(H-,36,38,39,42);2*(H,6,7). The van der Waals surface area contributed by atoms with Crippen LogP contribution in [-0.2, 0) is 22.4 Å². The lowest BCUT2D eigenvalue weighted by atomic mass is 10.0. The van der Waals surface area contributed by atoms with Gasteiger partial charge >= 0.3 is 12.4 Å². The Balaban J connectivity index is 0.000000169. The summed E-state index contributed by atoms with van der Waals surface area (Å²) in [5.41, 5.74) is 6.51. The Morgan fingerprint density at radius 2 is 0.900 bits per heavy atom. The van der Waals surface area contributed by atoms with Gasteiger partial charge in [0, 0.05) is 132 Å². The molecule has 6 fully saturated rings. The molecule has 4 aliphatic heterocycles. The minimum Gasteiger partial charge on any atom is -0.542 e. The predicted octanol–water partition coefficient (Wildman–Crippen LogP) is 6.62. The van der Waals surface area contributed by atoms with Crippen molar-refractivity contribution in [2.75, 3.05) is 104 Å². The van der Waals surface area contributed by atoms with E-state index in [4.69, 9.17) is 29.3 Å². The summed E-state index contributed by atoms with van der Waals surface area (Å²) in [5.74, 6) is -5.76. The van der Waals surface area contributed by atoms with Crippen molar-refractivity contribution >= 4 is 58.1 Å². The maximum atomic E-state index is 14.9. The molecule has 2 amide bonds. The first-order valence-corrected chi connectivity index (χ1v) is 32.2. The summed E-state index contributed by atoms with van der Waals surface area (Å²) in [6.45, 7) is 15.6. The van der Waals surface area contributed by atoms with Gasteiger partial charge in [0.25, 0.3) is 11.8 Å². The summed E-state index contributed by atoms with van der Waals surface area (Å²) in [7, 11) is 7.31. The smallest absolute Gasteiger partial charge is 0.430 e. The van der Waals surface area contributed by atoms with Gasteiger partial charge < -0.3 is 70.1 Å². The molecular formula is C68H72F10N14O8. The van der Waals surface area contributed by atoms with Gasteiger partial charge in [-0.1, -0.05) is 13.8 Å². The van der Waals surface area contributed by atoms with Crippen molar-refractivity contribution in [2.45, 2.75) is 51.1 Å². The van der Waals surface area contributed by atoms with Gasteiger partial charge in [-0.05, 0) is 84.6 Å². The molecule has 22 nitrogen and oxygen atoms in total. The van der Waals surface area contributed by atoms with Crippen LogP contribution in [0, 0.1) is 58.8 Å². The number of alkyl halides is 6. The molecule has 532 valence electrons. The number of amides is 2. The van der Waals surface area contributed by atoms with Gasteiger partial charge in [0.15, 0.2) is 46.1 Å². The Kier molecular flexibility index (Phi) is 20.4. The molecule has 6 aliphatic rings. The van der Waals surface area contributed by atoms with E-state index in [2.05, 4.69) is 65.9 Å². The maximum Gasteiger partial charge on any atom is 0.430 e. The van der Waals surface area contributed by atoms with Crippen molar-refractivity contribution in [3.63, 3.8) is 0 Å². The Morgan fingerprint density at radius 1 is 0.550 bits per heavy atom. The second kappa shape index (κ2) is 28.5. The third kappa shape index (κ3) is 15.2. The average molecular weight is 1400 g/mol. The number of carboxylic acid groups (broad SMARTS) is 2. The first-order valence-electron chi connectivity index (χ1n) is 32.2. The van der Waals surface area contributed by atoms with Crippen molar-refractivity contribution in [3.05, 3.63) is 143 Å². The number of likely N-dealkylation sites (tertiary alicyclic amines) is 2. The highest BCUT2D eigenvalue weighted by atomic mass is 19.4. The molecule has 4 aromatic heterocycles. The minimum atomic E-state index is -5.19. The molecule has 0 radical (unpaired) electrons. The summed E-state index contributed by atoms with van der Waals surface area (Å²) in [6, 6.07) is 17.6. The predicted molar refractivity (Wildman–Crippen MR) is 341 cm³/mol. The minimum absolute atomic E-state index is 0.0212. The van der Waals surface area contributed by atoms with Crippen LogP contribution >= 0.6 is 0 Å². The highest BCUT2D eigenvalue weighted by molar-refractivity contribution is 5.97. The molecule has 4 aromatic carbocycles. The molecule has 2 aliphatic carbocycles. The van der Waals surface area contributed by atoms with E-state index in [0.29, 0.717) is 82.0 Å². The molecule has 4 atom stereocenters.